The Morgan fingerprint density at radius 1 is 1.16 bits per heavy atom. The lowest BCUT2D eigenvalue weighted by atomic mass is 9.93. The van der Waals surface area contributed by atoms with Crippen LogP contribution in [0.5, 0.6) is 0 Å². The van der Waals surface area contributed by atoms with Crippen LogP contribution in [0.1, 0.15) is 32.6 Å². The van der Waals surface area contributed by atoms with Crippen molar-refractivity contribution in [3.8, 4) is 0 Å². The Bertz CT molecular complexity index is 1030. The van der Waals surface area contributed by atoms with E-state index in [0.29, 0.717) is 62.6 Å². The van der Waals surface area contributed by atoms with Gasteiger partial charge in [0.25, 0.3) is 5.56 Å². The third-order valence-corrected chi connectivity index (χ3v) is 6.30. The zero-order valence-corrected chi connectivity index (χ0v) is 18.1. The smallest absolute Gasteiger partial charge is 0.309 e. The number of nitrogens with zero attached hydrogens (tertiary/aromatic N) is 5. The second kappa shape index (κ2) is 9.03. The van der Waals surface area contributed by atoms with Crippen LogP contribution in [0.15, 0.2) is 23.1 Å². The van der Waals surface area contributed by atoms with Crippen LogP contribution in [0.25, 0.3) is 11.2 Å². The van der Waals surface area contributed by atoms with E-state index in [2.05, 4.69) is 9.97 Å². The molecule has 0 spiro atoms. The molecule has 0 bridgehead atoms. The average molecular weight is 428 g/mol. The number of anilines is 1. The van der Waals surface area contributed by atoms with Crippen LogP contribution in [-0.4, -0.2) is 64.1 Å². The number of pyridine rings is 1. The fourth-order valence-electron chi connectivity index (χ4n) is 4.57. The molecule has 2 aromatic heterocycles. The van der Waals surface area contributed by atoms with Gasteiger partial charge in [0.2, 0.25) is 5.91 Å². The Morgan fingerprint density at radius 3 is 2.68 bits per heavy atom. The zero-order valence-electron chi connectivity index (χ0n) is 18.1. The number of amides is 1. The summed E-state index contributed by atoms with van der Waals surface area (Å²) in [5.74, 6) is 0.0215. The molecule has 4 rings (SSSR count). The molecule has 2 aliphatic rings. The van der Waals surface area contributed by atoms with Gasteiger partial charge in [-0.05, 0) is 44.7 Å². The SMILES string of the molecule is CCOC(=O)C1CCN(C(=O)C2CCCN(c3nc4cccnc4n(C)c3=O)C2)CC1. The van der Waals surface area contributed by atoms with E-state index in [1.165, 1.54) is 4.57 Å². The minimum atomic E-state index is -0.199. The highest BCUT2D eigenvalue weighted by atomic mass is 16.5. The van der Waals surface area contributed by atoms with Crippen LogP contribution < -0.4 is 10.5 Å². The van der Waals surface area contributed by atoms with E-state index in [9.17, 15) is 14.4 Å². The van der Waals surface area contributed by atoms with E-state index in [1.807, 2.05) is 15.9 Å². The Balaban J connectivity index is 1.45. The van der Waals surface area contributed by atoms with E-state index >= 15 is 0 Å². The molecule has 0 aromatic carbocycles. The number of aryl methyl sites for hydroxylation is 1. The number of ether oxygens (including phenoxy) is 1. The van der Waals surface area contributed by atoms with E-state index in [0.717, 1.165) is 12.8 Å². The predicted octanol–water partition coefficient (Wildman–Crippen LogP) is 1.35. The molecule has 2 fully saturated rings. The minimum absolute atomic E-state index is 0.103. The van der Waals surface area contributed by atoms with Gasteiger partial charge in [0.15, 0.2) is 11.5 Å². The van der Waals surface area contributed by atoms with Crippen molar-refractivity contribution in [3.63, 3.8) is 0 Å². The largest absolute Gasteiger partial charge is 0.466 e. The topological polar surface area (TPSA) is 97.6 Å². The van der Waals surface area contributed by atoms with Crippen LogP contribution >= 0.6 is 0 Å². The number of rotatable bonds is 4. The third-order valence-electron chi connectivity index (χ3n) is 6.30. The van der Waals surface area contributed by atoms with E-state index < -0.39 is 0 Å². The van der Waals surface area contributed by atoms with Crippen molar-refractivity contribution in [2.45, 2.75) is 32.6 Å². The molecule has 1 amide bonds. The van der Waals surface area contributed by atoms with Crippen LogP contribution in [0.3, 0.4) is 0 Å². The first-order valence-corrected chi connectivity index (χ1v) is 11.0. The van der Waals surface area contributed by atoms with Gasteiger partial charge in [-0.25, -0.2) is 9.97 Å². The van der Waals surface area contributed by atoms with Gasteiger partial charge in [-0.1, -0.05) is 0 Å². The highest BCUT2D eigenvalue weighted by Gasteiger charge is 2.34. The number of likely N-dealkylation sites (tertiary alicyclic amines) is 1. The number of fused-ring (bicyclic) bond motifs is 1. The number of piperidine rings is 2. The monoisotopic (exact) mass is 427 g/mol. The van der Waals surface area contributed by atoms with Crippen molar-refractivity contribution in [2.24, 2.45) is 18.9 Å². The number of carbonyl (C=O) groups excluding carboxylic acids is 2. The molecular weight excluding hydrogens is 398 g/mol. The summed E-state index contributed by atoms with van der Waals surface area (Å²) in [4.78, 5) is 50.6. The van der Waals surface area contributed by atoms with Crippen molar-refractivity contribution < 1.29 is 14.3 Å². The minimum Gasteiger partial charge on any atom is -0.466 e. The van der Waals surface area contributed by atoms with Crippen molar-refractivity contribution in [2.75, 3.05) is 37.7 Å². The second-order valence-electron chi connectivity index (χ2n) is 8.28. The molecule has 0 radical (unpaired) electrons. The Hall–Kier alpha value is -2.97. The summed E-state index contributed by atoms with van der Waals surface area (Å²) in [6.45, 7) is 4.50. The first kappa shape index (κ1) is 21.3. The maximum Gasteiger partial charge on any atom is 0.309 e. The molecule has 9 heteroatoms. The number of carbonyl (C=O) groups is 2. The van der Waals surface area contributed by atoms with Crippen LogP contribution in [0, 0.1) is 11.8 Å². The summed E-state index contributed by atoms with van der Waals surface area (Å²) in [5.41, 5.74) is 1.01. The normalized spacial score (nSPS) is 20.1. The third kappa shape index (κ3) is 4.26. The summed E-state index contributed by atoms with van der Waals surface area (Å²) < 4.78 is 6.63. The molecule has 2 saturated heterocycles. The van der Waals surface area contributed by atoms with Crippen LogP contribution in [-0.2, 0) is 21.4 Å². The van der Waals surface area contributed by atoms with E-state index in [4.69, 9.17) is 4.74 Å². The van der Waals surface area contributed by atoms with Crippen LogP contribution in [0.2, 0.25) is 0 Å². The number of hydrogen-bond donors (Lipinski definition) is 0. The molecule has 4 heterocycles. The quantitative estimate of drug-likeness (QED) is 0.679. The lowest BCUT2D eigenvalue weighted by Crippen LogP contribution is -2.49. The first-order chi connectivity index (χ1) is 15.0. The molecule has 1 unspecified atom stereocenters. The second-order valence-corrected chi connectivity index (χ2v) is 8.28. The summed E-state index contributed by atoms with van der Waals surface area (Å²) in [6.07, 6.45) is 4.54. The molecule has 31 heavy (non-hydrogen) atoms. The Labute approximate surface area is 181 Å². The molecule has 0 saturated carbocycles. The molecule has 9 nitrogen and oxygen atoms in total. The highest BCUT2D eigenvalue weighted by Crippen LogP contribution is 2.25. The highest BCUT2D eigenvalue weighted by molar-refractivity contribution is 5.80. The van der Waals surface area contributed by atoms with Gasteiger partial charge in [-0.2, -0.15) is 0 Å². The standard InChI is InChI=1S/C22H29N5O4/c1-3-31-22(30)15-8-12-26(13-9-15)20(28)16-6-5-11-27(14-16)19-21(29)25(2)18-17(24-19)7-4-10-23-18/h4,7,10,15-16H,3,5-6,8-9,11-14H2,1-2H3. The van der Waals surface area contributed by atoms with Crippen molar-refractivity contribution in [1.29, 1.82) is 0 Å². The molecule has 0 aliphatic carbocycles. The van der Waals surface area contributed by atoms with Crippen molar-refractivity contribution in [3.05, 3.63) is 28.7 Å². The van der Waals surface area contributed by atoms with Gasteiger partial charge < -0.3 is 14.5 Å². The molecule has 0 N–H and O–H groups in total. The van der Waals surface area contributed by atoms with Crippen molar-refractivity contribution >= 4 is 28.9 Å². The zero-order chi connectivity index (χ0) is 22.0. The van der Waals surface area contributed by atoms with E-state index in [1.54, 1.807) is 26.2 Å². The van der Waals surface area contributed by atoms with Gasteiger partial charge in [0.05, 0.1) is 18.4 Å². The Kier molecular flexibility index (Phi) is 6.20. The van der Waals surface area contributed by atoms with Gasteiger partial charge in [-0.3, -0.25) is 19.0 Å². The lowest BCUT2D eigenvalue weighted by molar-refractivity contribution is -0.151. The molecule has 2 aromatic rings. The first-order valence-electron chi connectivity index (χ1n) is 11.0. The maximum atomic E-state index is 13.2. The summed E-state index contributed by atoms with van der Waals surface area (Å²) >= 11 is 0. The lowest BCUT2D eigenvalue weighted by Gasteiger charge is -2.37. The molecule has 1 atom stereocenters. The van der Waals surface area contributed by atoms with Gasteiger partial charge in [0, 0.05) is 39.4 Å². The van der Waals surface area contributed by atoms with Crippen molar-refractivity contribution in [1.82, 2.24) is 19.4 Å². The van der Waals surface area contributed by atoms with Crippen LogP contribution in [0.4, 0.5) is 5.82 Å². The van der Waals surface area contributed by atoms with Gasteiger partial charge in [-0.15, -0.1) is 0 Å². The van der Waals surface area contributed by atoms with E-state index in [-0.39, 0.29) is 29.3 Å². The summed E-state index contributed by atoms with van der Waals surface area (Å²) in [6, 6.07) is 3.64. The Morgan fingerprint density at radius 2 is 1.94 bits per heavy atom. The average Bonchev–Trinajstić information content (AvgIpc) is 2.81. The van der Waals surface area contributed by atoms with Gasteiger partial charge >= 0.3 is 5.97 Å². The molecule has 2 aliphatic heterocycles. The predicted molar refractivity (Wildman–Crippen MR) is 116 cm³/mol. The fraction of sp³-hybridized carbons (Fsp3) is 0.591. The number of aromatic nitrogens is 3. The molecular formula is C22H29N5O4. The number of hydrogen-bond acceptors (Lipinski definition) is 7. The fourth-order valence-corrected chi connectivity index (χ4v) is 4.57. The maximum absolute atomic E-state index is 13.2. The molecule has 166 valence electrons. The summed E-state index contributed by atoms with van der Waals surface area (Å²) in [7, 11) is 1.70. The number of esters is 1. The van der Waals surface area contributed by atoms with Gasteiger partial charge in [0.1, 0.15) is 5.52 Å². The summed E-state index contributed by atoms with van der Waals surface area (Å²) in [5, 5.41) is 0.